The van der Waals surface area contributed by atoms with Crippen LogP contribution in [-0.2, 0) is 0 Å². The Labute approximate surface area is 171 Å². The largest absolute Gasteiger partial charge is 0.272 e. The van der Waals surface area contributed by atoms with Crippen molar-refractivity contribution in [1.29, 1.82) is 0 Å². The first-order valence-electron chi connectivity index (χ1n) is 8.73. The molecule has 1 heterocycles. The number of aromatic nitrogens is 1. The minimum absolute atomic E-state index is 0.254. The molecule has 4 rings (SSSR count). The maximum atomic E-state index is 12.8. The number of nitrogens with zero attached hydrogens (tertiary/aromatic N) is 2. The van der Waals surface area contributed by atoms with Gasteiger partial charge in [0.1, 0.15) is 0 Å². The Bertz CT molecular complexity index is 1160. The lowest BCUT2D eigenvalue weighted by atomic mass is 9.96. The minimum atomic E-state index is -0.254. The number of hydrogen-bond acceptors (Lipinski definition) is 3. The third-order valence-corrected chi connectivity index (χ3v) is 4.88. The van der Waals surface area contributed by atoms with Gasteiger partial charge in [0.15, 0.2) is 0 Å². The molecule has 4 nitrogen and oxygen atoms in total. The molecule has 1 amide bonds. The van der Waals surface area contributed by atoms with Crippen LogP contribution in [-0.4, -0.2) is 17.1 Å². The second-order valence-electron chi connectivity index (χ2n) is 6.24. The van der Waals surface area contributed by atoms with Crippen molar-refractivity contribution in [3.8, 4) is 11.1 Å². The van der Waals surface area contributed by atoms with Crippen molar-refractivity contribution >= 4 is 38.8 Å². The Hall–Kier alpha value is -3.31. The molecule has 136 valence electrons. The molecule has 4 aromatic rings. The first-order valence-corrected chi connectivity index (χ1v) is 9.52. The van der Waals surface area contributed by atoms with Crippen molar-refractivity contribution in [3.63, 3.8) is 0 Å². The topological polar surface area (TPSA) is 54.4 Å². The van der Waals surface area contributed by atoms with Gasteiger partial charge in [-0.05, 0) is 52.2 Å². The summed E-state index contributed by atoms with van der Waals surface area (Å²) in [6, 6.07) is 23.6. The van der Waals surface area contributed by atoms with E-state index in [4.69, 9.17) is 0 Å². The maximum Gasteiger partial charge on any atom is 0.272 e. The van der Waals surface area contributed by atoms with E-state index < -0.39 is 0 Å². The van der Waals surface area contributed by atoms with E-state index >= 15 is 0 Å². The van der Waals surface area contributed by atoms with Gasteiger partial charge in [0.25, 0.3) is 5.91 Å². The third kappa shape index (κ3) is 4.00. The number of pyridine rings is 1. The van der Waals surface area contributed by atoms with Crippen LogP contribution < -0.4 is 5.43 Å². The summed E-state index contributed by atoms with van der Waals surface area (Å²) in [5.41, 5.74) is 6.04. The fraction of sp³-hybridized carbons (Fsp3) is 0. The van der Waals surface area contributed by atoms with Crippen LogP contribution in [0.4, 0.5) is 0 Å². The molecule has 1 N–H and O–H groups in total. The molecular formula is C23H16BrN3O. The summed E-state index contributed by atoms with van der Waals surface area (Å²) in [6.07, 6.45) is 4.94. The molecule has 0 spiro atoms. The van der Waals surface area contributed by atoms with Gasteiger partial charge in [-0.25, -0.2) is 5.43 Å². The number of rotatable bonds is 4. The number of nitrogens with one attached hydrogen (secondary N) is 1. The number of hydrogen-bond donors (Lipinski definition) is 1. The van der Waals surface area contributed by atoms with Crippen LogP contribution in [0.25, 0.3) is 21.9 Å². The fourth-order valence-electron chi connectivity index (χ4n) is 2.99. The van der Waals surface area contributed by atoms with Gasteiger partial charge >= 0.3 is 0 Å². The predicted octanol–water partition coefficient (Wildman–Crippen LogP) is 5.43. The highest BCUT2D eigenvalue weighted by Crippen LogP contribution is 2.28. The molecule has 0 aliphatic heterocycles. The van der Waals surface area contributed by atoms with E-state index in [1.54, 1.807) is 18.6 Å². The van der Waals surface area contributed by atoms with E-state index in [0.717, 1.165) is 31.9 Å². The van der Waals surface area contributed by atoms with Crippen molar-refractivity contribution in [2.24, 2.45) is 5.10 Å². The minimum Gasteiger partial charge on any atom is -0.267 e. The number of carbonyl (C=O) groups excluding carboxylic acids is 1. The zero-order valence-electron chi connectivity index (χ0n) is 14.8. The molecule has 1 aromatic heterocycles. The molecule has 0 bridgehead atoms. The molecule has 0 aliphatic carbocycles. The lowest BCUT2D eigenvalue weighted by Gasteiger charge is -2.10. The molecule has 0 saturated carbocycles. The Balaban J connectivity index is 1.69. The molecule has 0 radical (unpaired) electrons. The molecule has 0 saturated heterocycles. The van der Waals surface area contributed by atoms with Crippen molar-refractivity contribution in [3.05, 3.63) is 101 Å². The maximum absolute atomic E-state index is 12.8. The van der Waals surface area contributed by atoms with Crippen LogP contribution in [0.5, 0.6) is 0 Å². The summed E-state index contributed by atoms with van der Waals surface area (Å²) in [4.78, 5) is 16.9. The van der Waals surface area contributed by atoms with Gasteiger partial charge in [-0.15, -0.1) is 0 Å². The highest BCUT2D eigenvalue weighted by Gasteiger charge is 2.12. The summed E-state index contributed by atoms with van der Waals surface area (Å²) >= 11 is 3.46. The van der Waals surface area contributed by atoms with E-state index in [0.29, 0.717) is 5.56 Å². The highest BCUT2D eigenvalue weighted by atomic mass is 79.9. The second-order valence-corrected chi connectivity index (χ2v) is 7.15. The average Bonchev–Trinajstić information content (AvgIpc) is 2.74. The van der Waals surface area contributed by atoms with E-state index in [-0.39, 0.29) is 5.91 Å². The molecule has 0 aliphatic rings. The van der Waals surface area contributed by atoms with Crippen molar-refractivity contribution in [1.82, 2.24) is 10.4 Å². The quantitative estimate of drug-likeness (QED) is 0.347. The second kappa shape index (κ2) is 8.15. The standard InChI is InChI=1S/C23H16BrN3O/c24-20-9-7-17(8-10-20)19-12-18-5-1-2-6-21(18)22(13-19)23(28)27-26-15-16-4-3-11-25-14-16/h1-15H,(H,27,28). The molecule has 5 heteroatoms. The first kappa shape index (κ1) is 18.1. The normalized spacial score (nSPS) is 11.0. The highest BCUT2D eigenvalue weighted by molar-refractivity contribution is 9.10. The fourth-order valence-corrected chi connectivity index (χ4v) is 3.25. The van der Waals surface area contributed by atoms with Crippen LogP contribution in [0.1, 0.15) is 15.9 Å². The molecule has 0 fully saturated rings. The Morgan fingerprint density at radius 1 is 0.964 bits per heavy atom. The number of fused-ring (bicyclic) bond motifs is 1. The van der Waals surface area contributed by atoms with Crippen molar-refractivity contribution < 1.29 is 4.79 Å². The zero-order valence-corrected chi connectivity index (χ0v) is 16.4. The Morgan fingerprint density at radius 3 is 2.57 bits per heavy atom. The molecule has 0 unspecified atom stereocenters. The summed E-state index contributed by atoms with van der Waals surface area (Å²) in [5, 5.41) is 5.96. The van der Waals surface area contributed by atoms with Crippen LogP contribution in [0, 0.1) is 0 Å². The van der Waals surface area contributed by atoms with Crippen LogP contribution in [0.3, 0.4) is 0 Å². The van der Waals surface area contributed by atoms with E-state index in [1.165, 1.54) is 0 Å². The zero-order chi connectivity index (χ0) is 19.3. The first-order chi connectivity index (χ1) is 13.7. The van der Waals surface area contributed by atoms with Crippen LogP contribution >= 0.6 is 15.9 Å². The smallest absolute Gasteiger partial charge is 0.267 e. The van der Waals surface area contributed by atoms with Crippen molar-refractivity contribution in [2.45, 2.75) is 0 Å². The molecule has 3 aromatic carbocycles. The summed E-state index contributed by atoms with van der Waals surface area (Å²) in [7, 11) is 0. The van der Waals surface area contributed by atoms with Gasteiger partial charge in [-0.2, -0.15) is 5.10 Å². The lowest BCUT2D eigenvalue weighted by Crippen LogP contribution is -2.18. The van der Waals surface area contributed by atoms with Crippen LogP contribution in [0.2, 0.25) is 0 Å². The average molecular weight is 430 g/mol. The molecule has 0 atom stereocenters. The SMILES string of the molecule is O=C(NN=Cc1cccnc1)c1cc(-c2ccc(Br)cc2)cc2ccccc12. The van der Waals surface area contributed by atoms with Gasteiger partial charge in [0.2, 0.25) is 0 Å². The lowest BCUT2D eigenvalue weighted by molar-refractivity contribution is 0.0957. The Morgan fingerprint density at radius 2 is 1.79 bits per heavy atom. The van der Waals surface area contributed by atoms with Gasteiger partial charge in [0.05, 0.1) is 6.21 Å². The summed E-state index contributed by atoms with van der Waals surface area (Å²) in [5.74, 6) is -0.254. The molecular weight excluding hydrogens is 414 g/mol. The predicted molar refractivity (Wildman–Crippen MR) is 116 cm³/mol. The number of amides is 1. The number of halogens is 1. The van der Waals surface area contributed by atoms with E-state index in [2.05, 4.69) is 37.5 Å². The van der Waals surface area contributed by atoms with Gasteiger partial charge in [0, 0.05) is 28.0 Å². The third-order valence-electron chi connectivity index (χ3n) is 4.35. The van der Waals surface area contributed by atoms with Crippen molar-refractivity contribution in [2.75, 3.05) is 0 Å². The number of hydrazone groups is 1. The molecule has 28 heavy (non-hydrogen) atoms. The Kier molecular flexibility index (Phi) is 5.26. The monoisotopic (exact) mass is 429 g/mol. The summed E-state index contributed by atoms with van der Waals surface area (Å²) in [6.45, 7) is 0. The van der Waals surface area contributed by atoms with Gasteiger partial charge in [-0.3, -0.25) is 9.78 Å². The van der Waals surface area contributed by atoms with Gasteiger partial charge < -0.3 is 0 Å². The van der Waals surface area contributed by atoms with E-state index in [1.807, 2.05) is 66.7 Å². The van der Waals surface area contributed by atoms with Gasteiger partial charge in [-0.1, -0.05) is 58.4 Å². The van der Waals surface area contributed by atoms with Crippen LogP contribution in [0.15, 0.2) is 94.8 Å². The number of carbonyl (C=O) groups is 1. The number of benzene rings is 3. The summed E-state index contributed by atoms with van der Waals surface area (Å²) < 4.78 is 1.01. The van der Waals surface area contributed by atoms with E-state index in [9.17, 15) is 4.79 Å².